The Balaban J connectivity index is 1.88. The highest BCUT2D eigenvalue weighted by atomic mass is 15.0. The van der Waals surface area contributed by atoms with Gasteiger partial charge in [-0.3, -0.25) is 0 Å². The second-order valence-electron chi connectivity index (χ2n) is 4.18. The number of nitrogens with one attached hydrogen (secondary N) is 2. The van der Waals surface area contributed by atoms with Gasteiger partial charge in [0.25, 0.3) is 0 Å². The van der Waals surface area contributed by atoms with Crippen molar-refractivity contribution < 1.29 is 0 Å². The molecule has 0 aliphatic carbocycles. The summed E-state index contributed by atoms with van der Waals surface area (Å²) in [6, 6.07) is 0.747. The summed E-state index contributed by atoms with van der Waals surface area (Å²) in [4.78, 5) is 0. The lowest BCUT2D eigenvalue weighted by atomic mass is 10.1. The van der Waals surface area contributed by atoms with Gasteiger partial charge >= 0.3 is 0 Å². The predicted octanol–water partition coefficient (Wildman–Crippen LogP) is 1.37. The quantitative estimate of drug-likeness (QED) is 0.609. The van der Waals surface area contributed by atoms with E-state index in [1.165, 1.54) is 32.4 Å². The zero-order valence-electron chi connectivity index (χ0n) is 8.40. The molecule has 1 fully saturated rings. The third kappa shape index (κ3) is 4.07. The van der Waals surface area contributed by atoms with Crippen LogP contribution in [0.1, 0.15) is 33.1 Å². The Hall–Kier alpha value is -0.0800. The first-order valence-electron chi connectivity index (χ1n) is 5.23. The molecule has 0 aromatic rings. The maximum Gasteiger partial charge on any atom is 0.0192 e. The van der Waals surface area contributed by atoms with Crippen LogP contribution in [0, 0.1) is 5.92 Å². The molecule has 0 radical (unpaired) electrons. The fraction of sp³-hybridized carbons (Fsp3) is 1.00. The molecule has 1 unspecified atom stereocenters. The molecule has 0 spiro atoms. The van der Waals surface area contributed by atoms with Gasteiger partial charge in [-0.15, -0.1) is 0 Å². The molecular weight excluding hydrogens is 148 g/mol. The summed E-state index contributed by atoms with van der Waals surface area (Å²) in [7, 11) is 0. The summed E-state index contributed by atoms with van der Waals surface area (Å²) in [6.45, 7) is 8.10. The molecule has 2 nitrogen and oxygen atoms in total. The van der Waals surface area contributed by atoms with E-state index in [0.29, 0.717) is 0 Å². The van der Waals surface area contributed by atoms with Gasteiger partial charge in [-0.2, -0.15) is 0 Å². The molecule has 1 heterocycles. The van der Waals surface area contributed by atoms with Gasteiger partial charge in [-0.1, -0.05) is 13.8 Å². The van der Waals surface area contributed by atoms with Crippen LogP contribution in [0.25, 0.3) is 0 Å². The molecule has 2 heteroatoms. The van der Waals surface area contributed by atoms with Gasteiger partial charge < -0.3 is 10.6 Å². The SMILES string of the molecule is CC(C)CCNCC1CCCN1. The Labute approximate surface area is 76.1 Å². The number of hydrogen-bond acceptors (Lipinski definition) is 2. The molecule has 1 aliphatic heterocycles. The molecule has 0 saturated carbocycles. The maximum absolute atomic E-state index is 3.50. The van der Waals surface area contributed by atoms with Gasteiger partial charge in [0.1, 0.15) is 0 Å². The number of hydrogen-bond donors (Lipinski definition) is 2. The van der Waals surface area contributed by atoms with E-state index in [9.17, 15) is 0 Å². The van der Waals surface area contributed by atoms with Crippen molar-refractivity contribution >= 4 is 0 Å². The molecule has 1 rings (SSSR count). The molecule has 0 aromatic carbocycles. The van der Waals surface area contributed by atoms with Crippen molar-refractivity contribution in [2.75, 3.05) is 19.6 Å². The standard InChI is InChI=1S/C10H22N2/c1-9(2)5-7-11-8-10-4-3-6-12-10/h9-12H,3-8H2,1-2H3. The van der Waals surface area contributed by atoms with Crippen LogP contribution in [0.4, 0.5) is 0 Å². The van der Waals surface area contributed by atoms with Crippen LogP contribution in [0.15, 0.2) is 0 Å². The van der Waals surface area contributed by atoms with Crippen LogP contribution in [0.5, 0.6) is 0 Å². The van der Waals surface area contributed by atoms with Crippen LogP contribution in [-0.2, 0) is 0 Å². The maximum atomic E-state index is 3.50. The van der Waals surface area contributed by atoms with Gasteiger partial charge in [0.2, 0.25) is 0 Å². The molecule has 0 amide bonds. The minimum absolute atomic E-state index is 0.747. The summed E-state index contributed by atoms with van der Waals surface area (Å²) >= 11 is 0. The van der Waals surface area contributed by atoms with Gasteiger partial charge in [0.15, 0.2) is 0 Å². The van der Waals surface area contributed by atoms with E-state index in [0.717, 1.165) is 18.5 Å². The van der Waals surface area contributed by atoms with Gasteiger partial charge in [0, 0.05) is 12.6 Å². The second kappa shape index (κ2) is 5.55. The zero-order valence-corrected chi connectivity index (χ0v) is 8.40. The molecular formula is C10H22N2. The van der Waals surface area contributed by atoms with Crippen LogP contribution in [-0.4, -0.2) is 25.7 Å². The smallest absolute Gasteiger partial charge is 0.0192 e. The third-order valence-corrected chi connectivity index (χ3v) is 2.45. The minimum Gasteiger partial charge on any atom is -0.315 e. The van der Waals surface area contributed by atoms with E-state index in [2.05, 4.69) is 24.5 Å². The Morgan fingerprint density at radius 3 is 2.92 bits per heavy atom. The lowest BCUT2D eigenvalue weighted by molar-refractivity contribution is 0.493. The van der Waals surface area contributed by atoms with Crippen molar-refractivity contribution in [2.24, 2.45) is 5.92 Å². The van der Waals surface area contributed by atoms with E-state index in [1.807, 2.05) is 0 Å². The van der Waals surface area contributed by atoms with Crippen LogP contribution >= 0.6 is 0 Å². The Kier molecular flexibility index (Phi) is 4.62. The van der Waals surface area contributed by atoms with Crippen molar-refractivity contribution in [2.45, 2.75) is 39.2 Å². The fourth-order valence-corrected chi connectivity index (χ4v) is 1.60. The molecule has 2 N–H and O–H groups in total. The Morgan fingerprint density at radius 2 is 2.33 bits per heavy atom. The third-order valence-electron chi connectivity index (χ3n) is 2.45. The van der Waals surface area contributed by atoms with E-state index >= 15 is 0 Å². The van der Waals surface area contributed by atoms with E-state index in [4.69, 9.17) is 0 Å². The average Bonchev–Trinajstić information content (AvgIpc) is 2.49. The molecule has 1 saturated heterocycles. The van der Waals surface area contributed by atoms with Gasteiger partial charge in [-0.25, -0.2) is 0 Å². The molecule has 72 valence electrons. The predicted molar refractivity (Wildman–Crippen MR) is 53.3 cm³/mol. The highest BCUT2D eigenvalue weighted by Crippen LogP contribution is 2.03. The Bertz CT molecular complexity index is 106. The monoisotopic (exact) mass is 170 g/mol. The lowest BCUT2D eigenvalue weighted by Crippen LogP contribution is -2.34. The zero-order chi connectivity index (χ0) is 8.81. The van der Waals surface area contributed by atoms with Crippen molar-refractivity contribution in [3.63, 3.8) is 0 Å². The van der Waals surface area contributed by atoms with Crippen molar-refractivity contribution in [3.05, 3.63) is 0 Å². The van der Waals surface area contributed by atoms with Crippen LogP contribution in [0.2, 0.25) is 0 Å². The normalized spacial score (nSPS) is 23.8. The second-order valence-corrected chi connectivity index (χ2v) is 4.18. The molecule has 0 aromatic heterocycles. The first kappa shape index (κ1) is 10.0. The summed E-state index contributed by atoms with van der Waals surface area (Å²) in [5.41, 5.74) is 0. The van der Waals surface area contributed by atoms with Gasteiger partial charge in [-0.05, 0) is 38.3 Å². The Morgan fingerprint density at radius 1 is 1.50 bits per heavy atom. The van der Waals surface area contributed by atoms with Crippen molar-refractivity contribution in [1.29, 1.82) is 0 Å². The first-order valence-corrected chi connectivity index (χ1v) is 5.23. The van der Waals surface area contributed by atoms with Crippen LogP contribution < -0.4 is 10.6 Å². The molecule has 1 aliphatic rings. The minimum atomic E-state index is 0.747. The van der Waals surface area contributed by atoms with E-state index in [-0.39, 0.29) is 0 Å². The molecule has 12 heavy (non-hydrogen) atoms. The lowest BCUT2D eigenvalue weighted by Gasteiger charge is -2.11. The average molecular weight is 170 g/mol. The van der Waals surface area contributed by atoms with Crippen molar-refractivity contribution in [3.8, 4) is 0 Å². The topological polar surface area (TPSA) is 24.1 Å². The first-order chi connectivity index (χ1) is 5.79. The van der Waals surface area contributed by atoms with E-state index in [1.54, 1.807) is 0 Å². The summed E-state index contributed by atoms with van der Waals surface area (Å²) < 4.78 is 0. The van der Waals surface area contributed by atoms with E-state index < -0.39 is 0 Å². The molecule has 0 bridgehead atoms. The summed E-state index contributed by atoms with van der Waals surface area (Å²) in [5.74, 6) is 0.828. The highest BCUT2D eigenvalue weighted by molar-refractivity contribution is 4.75. The van der Waals surface area contributed by atoms with Crippen LogP contribution in [0.3, 0.4) is 0 Å². The fourth-order valence-electron chi connectivity index (χ4n) is 1.60. The van der Waals surface area contributed by atoms with Crippen molar-refractivity contribution in [1.82, 2.24) is 10.6 Å². The number of rotatable bonds is 5. The van der Waals surface area contributed by atoms with Gasteiger partial charge in [0.05, 0.1) is 0 Å². The largest absolute Gasteiger partial charge is 0.315 e. The summed E-state index contributed by atoms with van der Waals surface area (Å²) in [5, 5.41) is 6.98. The summed E-state index contributed by atoms with van der Waals surface area (Å²) in [6.07, 6.45) is 4.01. The highest BCUT2D eigenvalue weighted by Gasteiger charge is 2.12. The molecule has 1 atom stereocenters.